The Morgan fingerprint density at radius 1 is 0.865 bits per heavy atom. The Hall–Kier alpha value is -4.65. The van der Waals surface area contributed by atoms with Crippen LogP contribution in [0.1, 0.15) is 44.5 Å². The van der Waals surface area contributed by atoms with Gasteiger partial charge in [0, 0.05) is 18.8 Å². The number of anilines is 1. The van der Waals surface area contributed by atoms with E-state index in [2.05, 4.69) is 5.32 Å². The number of amides is 2. The van der Waals surface area contributed by atoms with Gasteiger partial charge in [0.1, 0.15) is 0 Å². The Morgan fingerprint density at radius 3 is 2.05 bits per heavy atom. The van der Waals surface area contributed by atoms with Gasteiger partial charge in [-0.2, -0.15) is 0 Å². The lowest BCUT2D eigenvalue weighted by molar-refractivity contribution is -0.141. The van der Waals surface area contributed by atoms with Gasteiger partial charge in [0.2, 0.25) is 0 Å². The van der Waals surface area contributed by atoms with Crippen molar-refractivity contribution in [2.45, 2.75) is 33.0 Å². The van der Waals surface area contributed by atoms with Crippen LogP contribution in [0.2, 0.25) is 0 Å². The topological polar surface area (TPSA) is 88.9 Å². The molecule has 0 bridgehead atoms. The molecule has 2 amide bonds. The number of hydrogen-bond acceptors (Lipinski definition) is 5. The van der Waals surface area contributed by atoms with Crippen molar-refractivity contribution < 1.29 is 23.5 Å². The van der Waals surface area contributed by atoms with Gasteiger partial charge >= 0.3 is 5.97 Å². The van der Waals surface area contributed by atoms with Gasteiger partial charge in [-0.15, -0.1) is 0 Å². The quantitative estimate of drug-likeness (QED) is 0.304. The Kier molecular flexibility index (Phi) is 8.15. The molecule has 4 aromatic rings. The van der Waals surface area contributed by atoms with Crippen LogP contribution in [0, 0.1) is 6.92 Å². The van der Waals surface area contributed by atoms with E-state index in [1.165, 1.54) is 12.3 Å². The normalized spacial score (nSPS) is 11.4. The van der Waals surface area contributed by atoms with Crippen molar-refractivity contribution in [1.82, 2.24) is 4.90 Å². The summed E-state index contributed by atoms with van der Waals surface area (Å²) in [5.41, 5.74) is 3.38. The van der Waals surface area contributed by atoms with E-state index in [1.54, 1.807) is 36.1 Å². The molecule has 1 atom stereocenters. The van der Waals surface area contributed by atoms with Crippen molar-refractivity contribution in [3.63, 3.8) is 0 Å². The first-order chi connectivity index (χ1) is 17.9. The van der Waals surface area contributed by atoms with Gasteiger partial charge < -0.3 is 19.4 Å². The predicted molar refractivity (Wildman–Crippen MR) is 140 cm³/mol. The molecule has 0 spiro atoms. The number of nitrogens with one attached hydrogen (secondary N) is 1. The Labute approximate surface area is 215 Å². The molecular weight excluding hydrogens is 468 g/mol. The summed E-state index contributed by atoms with van der Waals surface area (Å²) in [4.78, 5) is 40.4. The van der Waals surface area contributed by atoms with E-state index in [4.69, 9.17) is 9.15 Å². The number of carbonyl (C=O) groups is 3. The molecule has 1 N–H and O–H groups in total. The summed E-state index contributed by atoms with van der Waals surface area (Å²) >= 11 is 0. The molecule has 0 aliphatic heterocycles. The van der Waals surface area contributed by atoms with Crippen LogP contribution in [0.25, 0.3) is 0 Å². The summed E-state index contributed by atoms with van der Waals surface area (Å²) in [7, 11) is 0. The molecule has 0 unspecified atom stereocenters. The monoisotopic (exact) mass is 496 g/mol. The van der Waals surface area contributed by atoms with E-state index in [1.807, 2.05) is 67.6 Å². The van der Waals surface area contributed by atoms with Crippen molar-refractivity contribution in [1.29, 1.82) is 0 Å². The van der Waals surface area contributed by atoms with E-state index in [-0.39, 0.29) is 17.2 Å². The van der Waals surface area contributed by atoms with Crippen molar-refractivity contribution >= 4 is 23.5 Å². The first-order valence-corrected chi connectivity index (χ1v) is 11.9. The third kappa shape index (κ3) is 6.73. The standard InChI is InChI=1S/C30H28N2O5/c1-21-15-16-25(18-26(21)31-28(33)27-14-9-17-36-27)30(35)37-22(2)29(34)32(19-23-10-5-3-6-11-23)20-24-12-7-4-8-13-24/h3-18,22H,19-20H2,1-2H3,(H,31,33)/t22-/m1/s1. The van der Waals surface area contributed by atoms with Crippen LogP contribution in [-0.2, 0) is 22.6 Å². The fourth-order valence-corrected chi connectivity index (χ4v) is 3.83. The Balaban J connectivity index is 1.47. The van der Waals surface area contributed by atoms with Gasteiger partial charge in [-0.3, -0.25) is 9.59 Å². The van der Waals surface area contributed by atoms with Gasteiger partial charge in [0.15, 0.2) is 11.9 Å². The minimum atomic E-state index is -1.01. The zero-order valence-corrected chi connectivity index (χ0v) is 20.7. The zero-order chi connectivity index (χ0) is 26.2. The molecule has 37 heavy (non-hydrogen) atoms. The second-order valence-electron chi connectivity index (χ2n) is 8.67. The van der Waals surface area contributed by atoms with Gasteiger partial charge in [-0.25, -0.2) is 4.79 Å². The average Bonchev–Trinajstić information content (AvgIpc) is 3.46. The number of nitrogens with zero attached hydrogens (tertiary/aromatic N) is 1. The second-order valence-corrected chi connectivity index (χ2v) is 8.67. The first kappa shape index (κ1) is 25.4. The van der Waals surface area contributed by atoms with Crippen LogP contribution in [0.3, 0.4) is 0 Å². The van der Waals surface area contributed by atoms with Gasteiger partial charge in [-0.1, -0.05) is 66.7 Å². The minimum Gasteiger partial charge on any atom is -0.459 e. The van der Waals surface area contributed by atoms with Crippen molar-refractivity contribution in [2.75, 3.05) is 5.32 Å². The first-order valence-electron chi connectivity index (χ1n) is 11.9. The van der Waals surface area contributed by atoms with Crippen LogP contribution >= 0.6 is 0 Å². The van der Waals surface area contributed by atoms with Gasteiger partial charge in [0.25, 0.3) is 11.8 Å². The summed E-state index contributed by atoms with van der Waals surface area (Å²) in [5, 5.41) is 2.74. The summed E-state index contributed by atoms with van der Waals surface area (Å²) in [6, 6.07) is 27.3. The zero-order valence-electron chi connectivity index (χ0n) is 20.7. The molecule has 0 aliphatic carbocycles. The number of ether oxygens (including phenoxy) is 1. The fraction of sp³-hybridized carbons (Fsp3) is 0.167. The highest BCUT2D eigenvalue weighted by Crippen LogP contribution is 2.20. The number of furan rings is 1. The smallest absolute Gasteiger partial charge is 0.338 e. The molecule has 7 heteroatoms. The average molecular weight is 497 g/mol. The Morgan fingerprint density at radius 2 is 1.49 bits per heavy atom. The molecule has 188 valence electrons. The summed E-state index contributed by atoms with van der Waals surface area (Å²) in [6.07, 6.45) is 0.398. The fourth-order valence-electron chi connectivity index (χ4n) is 3.83. The van der Waals surface area contributed by atoms with Crippen molar-refractivity contribution in [3.05, 3.63) is 125 Å². The van der Waals surface area contributed by atoms with Gasteiger partial charge in [-0.05, 0) is 54.8 Å². The summed E-state index contributed by atoms with van der Waals surface area (Å²) < 4.78 is 10.7. The van der Waals surface area contributed by atoms with Crippen LogP contribution in [0.5, 0.6) is 0 Å². The molecule has 4 rings (SSSR count). The van der Waals surface area contributed by atoms with E-state index in [0.717, 1.165) is 16.7 Å². The maximum Gasteiger partial charge on any atom is 0.338 e. The summed E-state index contributed by atoms with van der Waals surface area (Å²) in [5.74, 6) is -1.24. The lowest BCUT2D eigenvalue weighted by Crippen LogP contribution is -2.39. The lowest BCUT2D eigenvalue weighted by Gasteiger charge is -2.26. The molecule has 0 aliphatic rings. The SMILES string of the molecule is Cc1ccc(C(=O)O[C@H](C)C(=O)N(Cc2ccccc2)Cc2ccccc2)cc1NC(=O)c1ccco1. The highest BCUT2D eigenvalue weighted by atomic mass is 16.5. The largest absolute Gasteiger partial charge is 0.459 e. The second kappa shape index (κ2) is 11.9. The van der Waals surface area contributed by atoms with Crippen LogP contribution < -0.4 is 5.32 Å². The number of hydrogen-bond donors (Lipinski definition) is 1. The van der Waals surface area contributed by atoms with E-state index < -0.39 is 18.0 Å². The predicted octanol–water partition coefficient (Wildman–Crippen LogP) is 5.61. The maximum atomic E-state index is 13.4. The van der Waals surface area contributed by atoms with Crippen molar-refractivity contribution in [3.8, 4) is 0 Å². The van der Waals surface area contributed by atoms with Crippen LogP contribution in [0.4, 0.5) is 5.69 Å². The van der Waals surface area contributed by atoms with E-state index >= 15 is 0 Å². The maximum absolute atomic E-state index is 13.4. The number of esters is 1. The molecule has 7 nitrogen and oxygen atoms in total. The molecule has 0 saturated heterocycles. The molecular formula is C30H28N2O5. The lowest BCUT2D eigenvalue weighted by atomic mass is 10.1. The number of carbonyl (C=O) groups excluding carboxylic acids is 3. The summed E-state index contributed by atoms with van der Waals surface area (Å²) in [6.45, 7) is 4.13. The van der Waals surface area contributed by atoms with E-state index in [0.29, 0.717) is 18.8 Å². The molecule has 0 radical (unpaired) electrons. The van der Waals surface area contributed by atoms with E-state index in [9.17, 15) is 14.4 Å². The molecule has 0 fully saturated rings. The highest BCUT2D eigenvalue weighted by molar-refractivity contribution is 6.03. The third-order valence-corrected chi connectivity index (χ3v) is 5.84. The number of benzene rings is 3. The van der Waals surface area contributed by atoms with Crippen molar-refractivity contribution in [2.24, 2.45) is 0 Å². The highest BCUT2D eigenvalue weighted by Gasteiger charge is 2.25. The Bertz CT molecular complexity index is 1310. The molecule has 1 aromatic heterocycles. The minimum absolute atomic E-state index is 0.156. The molecule has 3 aromatic carbocycles. The molecule has 0 saturated carbocycles. The number of aryl methyl sites for hydroxylation is 1. The van der Waals surface area contributed by atoms with Gasteiger partial charge in [0.05, 0.1) is 11.8 Å². The number of rotatable bonds is 9. The third-order valence-electron chi connectivity index (χ3n) is 5.84. The molecule has 1 heterocycles. The van der Waals surface area contributed by atoms with Crippen LogP contribution in [-0.4, -0.2) is 28.8 Å². The van der Waals surface area contributed by atoms with Crippen LogP contribution in [0.15, 0.2) is 102 Å².